The number of hydrogen-bond donors (Lipinski definition) is 0. The van der Waals surface area contributed by atoms with Crippen molar-refractivity contribution >= 4 is 0 Å². The van der Waals surface area contributed by atoms with Gasteiger partial charge in [-0.3, -0.25) is 0 Å². The summed E-state index contributed by atoms with van der Waals surface area (Å²) in [7, 11) is 0. The molecule has 0 aromatic rings. The fourth-order valence-corrected chi connectivity index (χ4v) is 0.787. The Balaban J connectivity index is 0. The minimum Gasteiger partial charge on any atom is -0.0859 e. The van der Waals surface area contributed by atoms with E-state index in [-0.39, 0.29) is 0 Å². The molecule has 0 bridgehead atoms. The molecule has 0 aromatic heterocycles. The molecule has 0 aliphatic rings. The maximum atomic E-state index is 2.26. The fraction of sp³-hybridized carbons (Fsp3) is 0.714. The second kappa shape index (κ2) is 10.6. The summed E-state index contributed by atoms with van der Waals surface area (Å²) in [6.45, 7) is 15.1. The molecule has 0 heterocycles. The Morgan fingerprint density at radius 3 is 1.50 bits per heavy atom. The minimum absolute atomic E-state index is 1.20. The second-order valence-corrected chi connectivity index (χ2v) is 4.20. The average molecular weight is 196 g/mol. The third-order valence-electron chi connectivity index (χ3n) is 2.23. The molecule has 0 N–H and O–H groups in total. The van der Waals surface area contributed by atoms with Crippen molar-refractivity contribution in [2.24, 2.45) is 0 Å². The molecule has 0 unspecified atom stereocenters. The molecule has 0 aromatic carbocycles. The highest BCUT2D eigenvalue weighted by atomic mass is 13.9. The van der Waals surface area contributed by atoms with E-state index in [1.807, 2.05) is 0 Å². The van der Waals surface area contributed by atoms with Crippen molar-refractivity contribution in [3.63, 3.8) is 0 Å². The van der Waals surface area contributed by atoms with Crippen LogP contribution in [0.3, 0.4) is 0 Å². The van der Waals surface area contributed by atoms with E-state index in [2.05, 4.69) is 54.5 Å². The maximum absolute atomic E-state index is 2.26. The monoisotopic (exact) mass is 196 g/mol. The summed E-state index contributed by atoms with van der Waals surface area (Å²) < 4.78 is 0. The van der Waals surface area contributed by atoms with Crippen LogP contribution < -0.4 is 0 Å². The molecular formula is C14H28. The summed E-state index contributed by atoms with van der Waals surface area (Å²) in [4.78, 5) is 0. The van der Waals surface area contributed by atoms with E-state index >= 15 is 0 Å². The van der Waals surface area contributed by atoms with E-state index in [1.165, 1.54) is 36.0 Å². The van der Waals surface area contributed by atoms with Gasteiger partial charge < -0.3 is 0 Å². The molecule has 0 rings (SSSR count). The molecule has 0 radical (unpaired) electrons. The first kappa shape index (κ1) is 15.9. The highest BCUT2D eigenvalue weighted by Gasteiger charge is 1.82. The van der Waals surface area contributed by atoms with Crippen LogP contribution >= 0.6 is 0 Å². The Morgan fingerprint density at radius 1 is 0.929 bits per heavy atom. The molecule has 0 fully saturated rings. The van der Waals surface area contributed by atoms with Gasteiger partial charge in [0.15, 0.2) is 0 Å². The first-order valence-electron chi connectivity index (χ1n) is 5.71. The number of unbranched alkanes of at least 4 members (excludes halogenated alkanes) is 1. The van der Waals surface area contributed by atoms with Gasteiger partial charge in [-0.15, -0.1) is 0 Å². The van der Waals surface area contributed by atoms with Crippen LogP contribution in [0.2, 0.25) is 0 Å². The van der Waals surface area contributed by atoms with Gasteiger partial charge in [0.05, 0.1) is 0 Å². The first-order chi connectivity index (χ1) is 6.45. The van der Waals surface area contributed by atoms with Crippen LogP contribution in [0.25, 0.3) is 0 Å². The molecule has 0 atom stereocenters. The quantitative estimate of drug-likeness (QED) is 0.522. The Bertz CT molecular complexity index is 174. The molecule has 0 aliphatic heterocycles. The van der Waals surface area contributed by atoms with Crippen LogP contribution in [0, 0.1) is 0 Å². The van der Waals surface area contributed by atoms with E-state index in [0.29, 0.717) is 0 Å². The lowest BCUT2D eigenvalue weighted by Crippen LogP contribution is -1.73. The molecule has 0 nitrogen and oxygen atoms in total. The highest BCUT2D eigenvalue weighted by Crippen LogP contribution is 2.04. The van der Waals surface area contributed by atoms with E-state index < -0.39 is 0 Å². The smallest absolute Gasteiger partial charge is 0.0349 e. The molecule has 0 saturated heterocycles. The normalized spacial score (nSPS) is 8.50. The number of allylic oxidation sites excluding steroid dienone is 4. The summed E-state index contributed by atoms with van der Waals surface area (Å²) in [6, 6.07) is 0. The van der Waals surface area contributed by atoms with Gasteiger partial charge in [-0.05, 0) is 47.5 Å². The second-order valence-electron chi connectivity index (χ2n) is 4.20. The molecule has 0 saturated carbocycles. The zero-order chi connectivity index (χ0) is 11.6. The molecule has 0 heteroatoms. The van der Waals surface area contributed by atoms with Gasteiger partial charge in [0.1, 0.15) is 0 Å². The Kier molecular flexibility index (Phi) is 12.0. The largest absolute Gasteiger partial charge is 0.0859 e. The van der Waals surface area contributed by atoms with Gasteiger partial charge in [0, 0.05) is 0 Å². The van der Waals surface area contributed by atoms with Crippen molar-refractivity contribution in [2.45, 2.75) is 67.7 Å². The first-order valence-corrected chi connectivity index (χ1v) is 5.71. The summed E-state index contributed by atoms with van der Waals surface area (Å²) in [5, 5.41) is 0. The van der Waals surface area contributed by atoms with Gasteiger partial charge in [-0.1, -0.05) is 43.1 Å². The van der Waals surface area contributed by atoms with E-state index in [4.69, 9.17) is 0 Å². The molecular weight excluding hydrogens is 168 g/mol. The SMILES string of the molecule is CCC(C)=C(C)C.CCCC=C(C)C. The third-order valence-corrected chi connectivity index (χ3v) is 2.23. The lowest BCUT2D eigenvalue weighted by molar-refractivity contribution is 0.948. The van der Waals surface area contributed by atoms with Crippen LogP contribution in [0.4, 0.5) is 0 Å². The van der Waals surface area contributed by atoms with Gasteiger partial charge in [0.2, 0.25) is 0 Å². The van der Waals surface area contributed by atoms with Gasteiger partial charge >= 0.3 is 0 Å². The maximum Gasteiger partial charge on any atom is -0.0349 e. The molecule has 14 heavy (non-hydrogen) atoms. The third kappa shape index (κ3) is 14.0. The standard InChI is InChI=1S/2C7H14/c1-5-7(4)6(2)3;1-4-5-6-7(2)3/h5H2,1-4H3;6H,4-5H2,1-3H3. The predicted octanol–water partition coefficient (Wildman–Crippen LogP) is 5.51. The Morgan fingerprint density at radius 2 is 1.43 bits per heavy atom. The summed E-state index contributed by atoms with van der Waals surface area (Å²) in [5.74, 6) is 0. The van der Waals surface area contributed by atoms with Gasteiger partial charge in [-0.25, -0.2) is 0 Å². The topological polar surface area (TPSA) is 0 Å². The van der Waals surface area contributed by atoms with E-state index in [1.54, 1.807) is 0 Å². The van der Waals surface area contributed by atoms with Gasteiger partial charge in [-0.2, -0.15) is 0 Å². The minimum atomic E-state index is 1.20. The average Bonchev–Trinajstić information content (AvgIpc) is 2.14. The zero-order valence-electron chi connectivity index (χ0n) is 11.2. The molecule has 0 aliphatic carbocycles. The van der Waals surface area contributed by atoms with Crippen molar-refractivity contribution in [3.05, 3.63) is 22.8 Å². The van der Waals surface area contributed by atoms with Crippen LogP contribution in [0.1, 0.15) is 67.7 Å². The van der Waals surface area contributed by atoms with Crippen LogP contribution in [-0.4, -0.2) is 0 Å². The lowest BCUT2D eigenvalue weighted by Gasteiger charge is -1.94. The van der Waals surface area contributed by atoms with Crippen LogP contribution in [-0.2, 0) is 0 Å². The van der Waals surface area contributed by atoms with Crippen molar-refractivity contribution in [3.8, 4) is 0 Å². The number of hydrogen-bond acceptors (Lipinski definition) is 0. The van der Waals surface area contributed by atoms with Crippen molar-refractivity contribution < 1.29 is 0 Å². The predicted molar refractivity (Wildman–Crippen MR) is 68.7 cm³/mol. The number of rotatable bonds is 3. The summed E-state index contributed by atoms with van der Waals surface area (Å²) in [6.07, 6.45) is 5.97. The highest BCUT2D eigenvalue weighted by molar-refractivity contribution is 5.05. The fourth-order valence-electron chi connectivity index (χ4n) is 0.787. The van der Waals surface area contributed by atoms with Crippen molar-refractivity contribution in [1.29, 1.82) is 0 Å². The Labute approximate surface area is 91.1 Å². The molecule has 0 amide bonds. The summed E-state index contributed by atoms with van der Waals surface area (Å²) >= 11 is 0. The van der Waals surface area contributed by atoms with Crippen molar-refractivity contribution in [2.75, 3.05) is 0 Å². The van der Waals surface area contributed by atoms with Gasteiger partial charge in [0.25, 0.3) is 0 Å². The van der Waals surface area contributed by atoms with Crippen LogP contribution in [0.5, 0.6) is 0 Å². The van der Waals surface area contributed by atoms with E-state index in [0.717, 1.165) is 0 Å². The lowest BCUT2D eigenvalue weighted by atomic mass is 10.1. The Hall–Kier alpha value is -0.520. The summed E-state index contributed by atoms with van der Waals surface area (Å²) in [5.41, 5.74) is 4.41. The zero-order valence-corrected chi connectivity index (χ0v) is 11.2. The molecule has 0 spiro atoms. The van der Waals surface area contributed by atoms with Crippen molar-refractivity contribution in [1.82, 2.24) is 0 Å². The van der Waals surface area contributed by atoms with E-state index in [9.17, 15) is 0 Å². The van der Waals surface area contributed by atoms with Crippen LogP contribution in [0.15, 0.2) is 22.8 Å². The molecule has 84 valence electrons.